The standard InChI is InChI=1S/C13H19BrClNS/c1-13(2)6-4-3-5-11(13)16-8-9-7-10(14)12(15)17-9/h7,11,16H,3-6,8H2,1-2H3. The molecule has 1 aromatic heterocycles. The van der Waals surface area contributed by atoms with E-state index in [9.17, 15) is 0 Å². The van der Waals surface area contributed by atoms with Gasteiger partial charge in [0, 0.05) is 21.9 Å². The highest BCUT2D eigenvalue weighted by molar-refractivity contribution is 9.10. The topological polar surface area (TPSA) is 12.0 Å². The number of thiophene rings is 1. The van der Waals surface area contributed by atoms with E-state index in [0.717, 1.165) is 15.4 Å². The van der Waals surface area contributed by atoms with Gasteiger partial charge < -0.3 is 5.32 Å². The summed E-state index contributed by atoms with van der Waals surface area (Å²) in [6.45, 7) is 5.69. The van der Waals surface area contributed by atoms with Crippen LogP contribution >= 0.6 is 38.9 Å². The molecule has 0 aliphatic heterocycles. The van der Waals surface area contributed by atoms with Gasteiger partial charge in [0.25, 0.3) is 0 Å². The van der Waals surface area contributed by atoms with Crippen LogP contribution in [0.3, 0.4) is 0 Å². The Hall–Kier alpha value is 0.430. The monoisotopic (exact) mass is 335 g/mol. The molecule has 2 rings (SSSR count). The van der Waals surface area contributed by atoms with Crippen LogP contribution in [0.25, 0.3) is 0 Å². The summed E-state index contributed by atoms with van der Waals surface area (Å²) in [5.41, 5.74) is 0.427. The van der Waals surface area contributed by atoms with Crippen LogP contribution in [0.5, 0.6) is 0 Å². The largest absolute Gasteiger partial charge is 0.309 e. The van der Waals surface area contributed by atoms with Crippen molar-refractivity contribution in [3.63, 3.8) is 0 Å². The molecule has 1 fully saturated rings. The van der Waals surface area contributed by atoms with Crippen LogP contribution in [0, 0.1) is 5.41 Å². The maximum atomic E-state index is 6.05. The average Bonchev–Trinajstić information content (AvgIpc) is 2.56. The molecule has 1 nitrogen and oxygen atoms in total. The van der Waals surface area contributed by atoms with E-state index >= 15 is 0 Å². The number of rotatable bonds is 3. The molecular formula is C13H19BrClNS. The third-order valence-corrected chi connectivity index (χ3v) is 6.20. The van der Waals surface area contributed by atoms with Gasteiger partial charge in [-0.25, -0.2) is 0 Å². The summed E-state index contributed by atoms with van der Waals surface area (Å²) in [7, 11) is 0. The van der Waals surface area contributed by atoms with Gasteiger partial charge in [-0.1, -0.05) is 38.3 Å². The molecule has 96 valence electrons. The van der Waals surface area contributed by atoms with Crippen molar-refractivity contribution >= 4 is 38.9 Å². The lowest BCUT2D eigenvalue weighted by Gasteiger charge is -2.39. The van der Waals surface area contributed by atoms with Crippen LogP contribution in [0.1, 0.15) is 44.4 Å². The summed E-state index contributed by atoms with van der Waals surface area (Å²) in [5, 5.41) is 3.70. The Balaban J connectivity index is 1.93. The van der Waals surface area contributed by atoms with Gasteiger partial charge in [0.1, 0.15) is 4.34 Å². The Kier molecular flexibility index (Phi) is 4.56. The van der Waals surface area contributed by atoms with Crippen LogP contribution in [0.4, 0.5) is 0 Å². The van der Waals surface area contributed by atoms with Crippen molar-refractivity contribution in [2.45, 2.75) is 52.1 Å². The minimum absolute atomic E-state index is 0.427. The molecule has 1 N–H and O–H groups in total. The highest BCUT2D eigenvalue weighted by Gasteiger charge is 2.31. The van der Waals surface area contributed by atoms with Crippen LogP contribution in [0.2, 0.25) is 4.34 Å². The second-order valence-corrected chi connectivity index (χ2v) is 8.10. The van der Waals surface area contributed by atoms with Gasteiger partial charge in [0.2, 0.25) is 0 Å². The molecule has 0 amide bonds. The second-order valence-electron chi connectivity index (χ2n) is 5.50. The molecular weight excluding hydrogens is 318 g/mol. The molecule has 1 saturated carbocycles. The molecule has 17 heavy (non-hydrogen) atoms. The van der Waals surface area contributed by atoms with Crippen molar-refractivity contribution < 1.29 is 0 Å². The summed E-state index contributed by atoms with van der Waals surface area (Å²) >= 11 is 11.2. The fourth-order valence-corrected chi connectivity index (χ4v) is 4.32. The highest BCUT2D eigenvalue weighted by Crippen LogP contribution is 2.36. The summed E-state index contributed by atoms with van der Waals surface area (Å²) in [4.78, 5) is 1.31. The summed E-state index contributed by atoms with van der Waals surface area (Å²) in [6, 6.07) is 2.76. The number of halogens is 2. The summed E-state index contributed by atoms with van der Waals surface area (Å²) in [6.07, 6.45) is 5.37. The van der Waals surface area contributed by atoms with Gasteiger partial charge in [-0.15, -0.1) is 11.3 Å². The lowest BCUT2D eigenvalue weighted by Crippen LogP contribution is -2.43. The quantitative estimate of drug-likeness (QED) is 0.797. The number of hydrogen-bond acceptors (Lipinski definition) is 2. The predicted molar refractivity (Wildman–Crippen MR) is 79.9 cm³/mol. The van der Waals surface area contributed by atoms with E-state index in [1.165, 1.54) is 30.6 Å². The van der Waals surface area contributed by atoms with Crippen molar-refractivity contribution in [3.8, 4) is 0 Å². The van der Waals surface area contributed by atoms with E-state index < -0.39 is 0 Å². The van der Waals surface area contributed by atoms with Crippen molar-refractivity contribution in [3.05, 3.63) is 19.8 Å². The molecule has 4 heteroatoms. The zero-order chi connectivity index (χ0) is 12.5. The number of nitrogens with one attached hydrogen (secondary N) is 1. The Labute approximate surface area is 121 Å². The molecule has 0 spiro atoms. The van der Waals surface area contributed by atoms with E-state index in [-0.39, 0.29) is 0 Å². The minimum Gasteiger partial charge on any atom is -0.309 e. The molecule has 0 radical (unpaired) electrons. The normalized spacial score (nSPS) is 23.9. The van der Waals surface area contributed by atoms with Crippen LogP contribution in [-0.2, 0) is 6.54 Å². The summed E-state index contributed by atoms with van der Waals surface area (Å²) in [5.74, 6) is 0. The predicted octanol–water partition coefficient (Wildman–Crippen LogP) is 5.22. The van der Waals surface area contributed by atoms with Crippen LogP contribution < -0.4 is 5.32 Å². The SMILES string of the molecule is CC1(C)CCCCC1NCc1cc(Br)c(Cl)s1. The first-order valence-electron chi connectivity index (χ1n) is 6.16. The molecule has 1 unspecified atom stereocenters. The maximum Gasteiger partial charge on any atom is 0.107 e. The zero-order valence-corrected chi connectivity index (χ0v) is 13.5. The van der Waals surface area contributed by atoms with Crippen LogP contribution in [0.15, 0.2) is 10.5 Å². The van der Waals surface area contributed by atoms with Gasteiger partial charge in [-0.2, -0.15) is 0 Å². The van der Waals surface area contributed by atoms with Crippen molar-refractivity contribution in [2.75, 3.05) is 0 Å². The number of hydrogen-bond donors (Lipinski definition) is 1. The first-order chi connectivity index (χ1) is 7.99. The zero-order valence-electron chi connectivity index (χ0n) is 10.4. The summed E-state index contributed by atoms with van der Waals surface area (Å²) < 4.78 is 1.87. The molecule has 1 aromatic rings. The first kappa shape index (κ1) is 13.9. The molecule has 0 saturated heterocycles. The second kappa shape index (κ2) is 5.60. The van der Waals surface area contributed by atoms with E-state index in [1.807, 2.05) is 0 Å². The lowest BCUT2D eigenvalue weighted by molar-refractivity contribution is 0.167. The average molecular weight is 337 g/mol. The van der Waals surface area contributed by atoms with Gasteiger partial charge in [0.15, 0.2) is 0 Å². The smallest absolute Gasteiger partial charge is 0.107 e. The third kappa shape index (κ3) is 3.46. The van der Waals surface area contributed by atoms with Gasteiger partial charge in [-0.3, -0.25) is 0 Å². The lowest BCUT2D eigenvalue weighted by atomic mass is 9.73. The maximum absolute atomic E-state index is 6.05. The minimum atomic E-state index is 0.427. The molecule has 1 heterocycles. The molecule has 1 atom stereocenters. The van der Waals surface area contributed by atoms with Gasteiger partial charge in [0.05, 0.1) is 0 Å². The van der Waals surface area contributed by atoms with E-state index in [2.05, 4.69) is 41.2 Å². The van der Waals surface area contributed by atoms with Crippen molar-refractivity contribution in [2.24, 2.45) is 5.41 Å². The van der Waals surface area contributed by atoms with E-state index in [0.29, 0.717) is 11.5 Å². The third-order valence-electron chi connectivity index (χ3n) is 3.73. The Morgan fingerprint density at radius 1 is 1.53 bits per heavy atom. The Bertz CT molecular complexity index is 369. The Morgan fingerprint density at radius 3 is 2.88 bits per heavy atom. The van der Waals surface area contributed by atoms with E-state index in [1.54, 1.807) is 11.3 Å². The van der Waals surface area contributed by atoms with Gasteiger partial charge >= 0.3 is 0 Å². The molecule has 0 bridgehead atoms. The van der Waals surface area contributed by atoms with Crippen LogP contribution in [-0.4, -0.2) is 6.04 Å². The molecule has 1 aliphatic rings. The molecule has 0 aromatic carbocycles. The Morgan fingerprint density at radius 2 is 2.29 bits per heavy atom. The first-order valence-corrected chi connectivity index (χ1v) is 8.15. The van der Waals surface area contributed by atoms with Gasteiger partial charge in [-0.05, 0) is 40.3 Å². The van der Waals surface area contributed by atoms with Crippen molar-refractivity contribution in [1.29, 1.82) is 0 Å². The fourth-order valence-electron chi connectivity index (χ4n) is 2.57. The highest BCUT2D eigenvalue weighted by atomic mass is 79.9. The molecule has 1 aliphatic carbocycles. The fraction of sp³-hybridized carbons (Fsp3) is 0.692. The van der Waals surface area contributed by atoms with E-state index in [4.69, 9.17) is 11.6 Å². The van der Waals surface area contributed by atoms with Crippen molar-refractivity contribution in [1.82, 2.24) is 5.32 Å².